The molecule has 7 nitrogen and oxygen atoms in total. The van der Waals surface area contributed by atoms with Crippen molar-refractivity contribution in [3.05, 3.63) is 57.7 Å². The van der Waals surface area contributed by atoms with E-state index in [0.29, 0.717) is 27.6 Å². The van der Waals surface area contributed by atoms with Gasteiger partial charge in [0.2, 0.25) is 0 Å². The van der Waals surface area contributed by atoms with E-state index in [-0.39, 0.29) is 5.91 Å². The minimum absolute atomic E-state index is 0.341. The summed E-state index contributed by atoms with van der Waals surface area (Å²) in [6.45, 7) is 3.61. The van der Waals surface area contributed by atoms with Gasteiger partial charge in [-0.25, -0.2) is 14.5 Å². The first-order valence-corrected chi connectivity index (χ1v) is 8.34. The monoisotopic (exact) mass is 356 g/mol. The smallest absolute Gasteiger partial charge is 0.350 e. The van der Waals surface area contributed by atoms with Gasteiger partial charge < -0.3 is 10.1 Å². The summed E-state index contributed by atoms with van der Waals surface area (Å²) in [7, 11) is 1.31. The number of thiophene rings is 1. The number of methoxy groups -OCH3 is 1. The Morgan fingerprint density at radius 2 is 2.08 bits per heavy atom. The second-order valence-electron chi connectivity index (χ2n) is 5.31. The van der Waals surface area contributed by atoms with E-state index in [2.05, 4.69) is 15.4 Å². The molecule has 0 spiro atoms. The number of aromatic nitrogens is 3. The minimum atomic E-state index is -0.477. The molecule has 0 unspecified atom stereocenters. The molecule has 0 fully saturated rings. The van der Waals surface area contributed by atoms with Crippen LogP contribution in [-0.2, 0) is 4.74 Å². The molecule has 128 valence electrons. The Bertz CT molecular complexity index is 931. The Morgan fingerprint density at radius 1 is 1.28 bits per heavy atom. The van der Waals surface area contributed by atoms with Crippen LogP contribution >= 0.6 is 11.3 Å². The minimum Gasteiger partial charge on any atom is -0.465 e. The van der Waals surface area contributed by atoms with Crippen molar-refractivity contribution in [3.8, 4) is 5.82 Å². The molecule has 8 heteroatoms. The van der Waals surface area contributed by atoms with Crippen LogP contribution in [0.25, 0.3) is 5.82 Å². The number of rotatable bonds is 4. The molecule has 0 atom stereocenters. The molecule has 0 bridgehead atoms. The molecule has 0 saturated heterocycles. The van der Waals surface area contributed by atoms with Crippen LogP contribution in [0, 0.1) is 13.8 Å². The number of esters is 1. The van der Waals surface area contributed by atoms with Crippen LogP contribution in [0.4, 0.5) is 5.69 Å². The van der Waals surface area contributed by atoms with Crippen LogP contribution in [0.2, 0.25) is 0 Å². The van der Waals surface area contributed by atoms with Gasteiger partial charge in [0, 0.05) is 6.20 Å². The second kappa shape index (κ2) is 6.86. The van der Waals surface area contributed by atoms with Crippen LogP contribution < -0.4 is 5.32 Å². The molecule has 0 aliphatic heterocycles. The van der Waals surface area contributed by atoms with Gasteiger partial charge in [0.1, 0.15) is 4.88 Å². The number of aryl methyl sites for hydroxylation is 1. The van der Waals surface area contributed by atoms with Gasteiger partial charge in [-0.1, -0.05) is 6.07 Å². The van der Waals surface area contributed by atoms with Crippen LogP contribution in [0.15, 0.2) is 36.0 Å². The fourth-order valence-electron chi connectivity index (χ4n) is 2.37. The van der Waals surface area contributed by atoms with Crippen molar-refractivity contribution >= 4 is 28.9 Å². The maximum atomic E-state index is 12.7. The van der Waals surface area contributed by atoms with Crippen LogP contribution in [0.5, 0.6) is 0 Å². The maximum Gasteiger partial charge on any atom is 0.350 e. The van der Waals surface area contributed by atoms with Gasteiger partial charge in [0.25, 0.3) is 5.91 Å². The van der Waals surface area contributed by atoms with Crippen molar-refractivity contribution in [1.82, 2.24) is 14.8 Å². The summed E-state index contributed by atoms with van der Waals surface area (Å²) in [5.41, 5.74) is 2.33. The van der Waals surface area contributed by atoms with E-state index in [1.54, 1.807) is 29.2 Å². The standard InChI is InChI=1S/C17H16N4O3S/c1-10-9-25-15(17(23)24-3)14(10)20-16(22)12-8-19-21(11(12)2)13-6-4-5-7-18-13/h4-9H,1-3H3,(H,20,22). The topological polar surface area (TPSA) is 86.1 Å². The molecule has 1 amide bonds. The number of nitrogens with zero attached hydrogens (tertiary/aromatic N) is 3. The number of pyridine rings is 1. The first-order valence-electron chi connectivity index (χ1n) is 7.46. The zero-order valence-electron chi connectivity index (χ0n) is 13.9. The summed E-state index contributed by atoms with van der Waals surface area (Å²) in [5, 5.41) is 8.83. The molecular weight excluding hydrogens is 340 g/mol. The number of carbonyl (C=O) groups excluding carboxylic acids is 2. The number of nitrogens with one attached hydrogen (secondary N) is 1. The highest BCUT2D eigenvalue weighted by Gasteiger charge is 2.21. The third kappa shape index (κ3) is 3.16. The van der Waals surface area contributed by atoms with Crippen molar-refractivity contribution < 1.29 is 14.3 Å². The zero-order chi connectivity index (χ0) is 18.0. The quantitative estimate of drug-likeness (QED) is 0.726. The van der Waals surface area contributed by atoms with Gasteiger partial charge in [0.15, 0.2) is 5.82 Å². The third-order valence-corrected chi connectivity index (χ3v) is 4.78. The van der Waals surface area contributed by atoms with Crippen molar-refractivity contribution in [2.45, 2.75) is 13.8 Å². The lowest BCUT2D eigenvalue weighted by Gasteiger charge is -2.07. The molecule has 0 aliphatic rings. The summed E-state index contributed by atoms with van der Waals surface area (Å²) in [4.78, 5) is 29.1. The number of amides is 1. The molecule has 3 rings (SSSR count). The van der Waals surface area contributed by atoms with E-state index in [9.17, 15) is 9.59 Å². The first kappa shape index (κ1) is 16.8. The Labute approximate surface area is 148 Å². The maximum absolute atomic E-state index is 12.7. The Balaban J connectivity index is 1.90. The number of carbonyl (C=O) groups is 2. The average molecular weight is 356 g/mol. The number of ether oxygens (including phenoxy) is 1. The lowest BCUT2D eigenvalue weighted by atomic mass is 10.2. The van der Waals surface area contributed by atoms with Crippen LogP contribution in [0.3, 0.4) is 0 Å². The molecule has 3 aromatic rings. The van der Waals surface area contributed by atoms with Gasteiger partial charge in [-0.2, -0.15) is 5.10 Å². The summed E-state index contributed by atoms with van der Waals surface area (Å²) in [6, 6.07) is 5.46. The van der Waals surface area contributed by atoms with Crippen LogP contribution in [-0.4, -0.2) is 33.8 Å². The van der Waals surface area contributed by atoms with Crippen molar-refractivity contribution in [3.63, 3.8) is 0 Å². The number of anilines is 1. The molecular formula is C17H16N4O3S. The highest BCUT2D eigenvalue weighted by molar-refractivity contribution is 7.12. The Morgan fingerprint density at radius 3 is 2.76 bits per heavy atom. The predicted octanol–water partition coefficient (Wildman–Crippen LogP) is 2.98. The SMILES string of the molecule is COC(=O)c1scc(C)c1NC(=O)c1cnn(-c2ccccn2)c1C. The summed E-state index contributed by atoms with van der Waals surface area (Å²) >= 11 is 1.23. The van der Waals surface area contributed by atoms with E-state index in [1.807, 2.05) is 19.1 Å². The van der Waals surface area contributed by atoms with E-state index < -0.39 is 5.97 Å². The lowest BCUT2D eigenvalue weighted by molar-refractivity contribution is 0.0607. The van der Waals surface area contributed by atoms with Gasteiger partial charge in [-0.05, 0) is 36.9 Å². The first-order chi connectivity index (χ1) is 12.0. The molecule has 0 aliphatic carbocycles. The molecule has 0 aromatic carbocycles. The Hall–Kier alpha value is -3.00. The zero-order valence-corrected chi connectivity index (χ0v) is 14.8. The van der Waals surface area contributed by atoms with Gasteiger partial charge >= 0.3 is 5.97 Å². The fraction of sp³-hybridized carbons (Fsp3) is 0.176. The van der Waals surface area contributed by atoms with E-state index in [4.69, 9.17) is 4.74 Å². The Kier molecular flexibility index (Phi) is 4.62. The summed E-state index contributed by atoms with van der Waals surface area (Å²) in [6.07, 6.45) is 3.15. The molecule has 3 aromatic heterocycles. The largest absolute Gasteiger partial charge is 0.465 e. The van der Waals surface area contributed by atoms with Crippen molar-refractivity contribution in [2.75, 3.05) is 12.4 Å². The van der Waals surface area contributed by atoms with Crippen molar-refractivity contribution in [1.29, 1.82) is 0 Å². The number of hydrogen-bond donors (Lipinski definition) is 1. The normalized spacial score (nSPS) is 10.5. The second-order valence-corrected chi connectivity index (χ2v) is 6.19. The van der Waals surface area contributed by atoms with E-state index in [1.165, 1.54) is 24.6 Å². The van der Waals surface area contributed by atoms with Gasteiger partial charge in [-0.15, -0.1) is 11.3 Å². The van der Waals surface area contributed by atoms with Gasteiger partial charge in [0.05, 0.1) is 30.3 Å². The molecule has 1 N–H and O–H groups in total. The molecule has 0 radical (unpaired) electrons. The summed E-state index contributed by atoms with van der Waals surface area (Å²) in [5.74, 6) is -0.193. The fourth-order valence-corrected chi connectivity index (χ4v) is 3.29. The van der Waals surface area contributed by atoms with E-state index in [0.717, 1.165) is 5.56 Å². The molecule has 25 heavy (non-hydrogen) atoms. The predicted molar refractivity (Wildman–Crippen MR) is 94.4 cm³/mol. The highest BCUT2D eigenvalue weighted by atomic mass is 32.1. The number of hydrogen-bond acceptors (Lipinski definition) is 6. The third-order valence-electron chi connectivity index (χ3n) is 3.70. The van der Waals surface area contributed by atoms with Gasteiger partial charge in [-0.3, -0.25) is 4.79 Å². The average Bonchev–Trinajstić information content (AvgIpc) is 3.18. The highest BCUT2D eigenvalue weighted by Crippen LogP contribution is 2.29. The van der Waals surface area contributed by atoms with Crippen molar-refractivity contribution in [2.24, 2.45) is 0 Å². The van der Waals surface area contributed by atoms with Crippen LogP contribution in [0.1, 0.15) is 31.3 Å². The summed E-state index contributed by atoms with van der Waals surface area (Å²) < 4.78 is 6.35. The van der Waals surface area contributed by atoms with E-state index >= 15 is 0 Å². The lowest BCUT2D eigenvalue weighted by Crippen LogP contribution is -2.15. The molecule has 3 heterocycles. The molecule has 0 saturated carbocycles.